The molecule has 1 heterocycles. The number of hydrogen-bond donors (Lipinski definition) is 0. The van der Waals surface area contributed by atoms with Crippen molar-refractivity contribution >= 4 is 11.6 Å². The molecule has 1 aromatic carbocycles. The van der Waals surface area contributed by atoms with Crippen molar-refractivity contribution in [1.29, 1.82) is 0 Å². The first kappa shape index (κ1) is 15.8. The highest BCUT2D eigenvalue weighted by Gasteiger charge is 2.10. The van der Waals surface area contributed by atoms with E-state index in [0.29, 0.717) is 18.7 Å². The molecule has 0 aliphatic carbocycles. The van der Waals surface area contributed by atoms with Gasteiger partial charge >= 0.3 is 0 Å². The summed E-state index contributed by atoms with van der Waals surface area (Å²) in [6.07, 6.45) is 1.00. The van der Waals surface area contributed by atoms with Crippen LogP contribution in [0.15, 0.2) is 41.2 Å². The van der Waals surface area contributed by atoms with E-state index in [2.05, 4.69) is 31.2 Å². The highest BCUT2D eigenvalue weighted by Crippen LogP contribution is 2.20. The molecular formula is C17H20ClNO2. The van der Waals surface area contributed by atoms with Gasteiger partial charge in [-0.15, -0.1) is 11.6 Å². The Labute approximate surface area is 130 Å². The largest absolute Gasteiger partial charge is 0.383 e. The summed E-state index contributed by atoms with van der Waals surface area (Å²) in [6.45, 7) is 3.13. The lowest BCUT2D eigenvalue weighted by Crippen LogP contribution is -2.26. The van der Waals surface area contributed by atoms with E-state index < -0.39 is 0 Å². The predicted molar refractivity (Wildman–Crippen MR) is 86.9 cm³/mol. The first-order chi connectivity index (χ1) is 10.2. The number of ether oxygens (including phenoxy) is 1. The summed E-state index contributed by atoms with van der Waals surface area (Å²) in [5.41, 5.74) is 3.78. The minimum absolute atomic E-state index is 0.0425. The van der Waals surface area contributed by atoms with Gasteiger partial charge in [0.2, 0.25) is 0 Å². The summed E-state index contributed by atoms with van der Waals surface area (Å²) in [7, 11) is 1.63. The Morgan fingerprint density at radius 2 is 1.86 bits per heavy atom. The lowest BCUT2D eigenvalue weighted by Gasteiger charge is -2.14. The zero-order valence-electron chi connectivity index (χ0n) is 12.4. The smallest absolute Gasteiger partial charge is 0.255 e. The second-order valence-corrected chi connectivity index (χ2v) is 5.14. The molecule has 112 valence electrons. The second kappa shape index (κ2) is 7.43. The molecule has 0 spiro atoms. The molecule has 0 fully saturated rings. The Hall–Kier alpha value is -1.58. The third-order valence-corrected chi connectivity index (χ3v) is 3.86. The summed E-state index contributed by atoms with van der Waals surface area (Å²) < 4.78 is 6.85. The Morgan fingerprint density at radius 1 is 1.14 bits per heavy atom. The van der Waals surface area contributed by atoms with Gasteiger partial charge in [-0.1, -0.05) is 37.3 Å². The summed E-state index contributed by atoms with van der Waals surface area (Å²) in [5.74, 6) is 0.223. The van der Waals surface area contributed by atoms with E-state index in [4.69, 9.17) is 16.3 Å². The van der Waals surface area contributed by atoms with Gasteiger partial charge in [-0.2, -0.15) is 0 Å². The number of aryl methyl sites for hydroxylation is 1. The molecule has 2 rings (SSSR count). The van der Waals surface area contributed by atoms with E-state index in [1.165, 1.54) is 5.56 Å². The van der Waals surface area contributed by atoms with Crippen molar-refractivity contribution in [2.75, 3.05) is 13.7 Å². The first-order valence-electron chi connectivity index (χ1n) is 7.08. The van der Waals surface area contributed by atoms with Gasteiger partial charge in [-0.3, -0.25) is 4.79 Å². The third kappa shape index (κ3) is 3.55. The van der Waals surface area contributed by atoms with Crippen molar-refractivity contribution in [2.45, 2.75) is 25.8 Å². The monoisotopic (exact) mass is 305 g/mol. The van der Waals surface area contributed by atoms with Crippen LogP contribution in [0.3, 0.4) is 0 Å². The van der Waals surface area contributed by atoms with Crippen LogP contribution in [-0.2, 0) is 23.6 Å². The van der Waals surface area contributed by atoms with Crippen molar-refractivity contribution in [2.24, 2.45) is 0 Å². The van der Waals surface area contributed by atoms with Crippen molar-refractivity contribution in [3.63, 3.8) is 0 Å². The maximum Gasteiger partial charge on any atom is 0.255 e. The maximum atomic E-state index is 12.4. The number of halogens is 1. The highest BCUT2D eigenvalue weighted by atomic mass is 35.5. The fraction of sp³-hybridized carbons (Fsp3) is 0.353. The Morgan fingerprint density at radius 3 is 2.43 bits per heavy atom. The van der Waals surface area contributed by atoms with Crippen LogP contribution in [0, 0.1) is 0 Å². The lowest BCUT2D eigenvalue weighted by atomic mass is 10.1. The van der Waals surface area contributed by atoms with Crippen LogP contribution in [0.1, 0.15) is 18.1 Å². The molecule has 0 unspecified atom stereocenters. The number of nitrogens with zero attached hydrogens (tertiary/aromatic N) is 1. The van der Waals surface area contributed by atoms with E-state index in [0.717, 1.165) is 17.7 Å². The number of methoxy groups -OCH3 is 1. The molecule has 0 atom stereocenters. The molecule has 3 nitrogen and oxygen atoms in total. The van der Waals surface area contributed by atoms with E-state index in [-0.39, 0.29) is 11.4 Å². The minimum atomic E-state index is -0.0425. The second-order valence-electron chi connectivity index (χ2n) is 4.88. The number of aromatic nitrogens is 1. The standard InChI is InChI=1S/C17H20ClNO2/c1-3-13-4-6-14(7-5-13)16-9-8-15(12-18)17(20)19(16)10-11-21-2/h4-9H,3,10-12H2,1-2H3. The molecular weight excluding hydrogens is 286 g/mol. The highest BCUT2D eigenvalue weighted by molar-refractivity contribution is 6.17. The van der Waals surface area contributed by atoms with Crippen LogP contribution in [-0.4, -0.2) is 18.3 Å². The van der Waals surface area contributed by atoms with E-state index in [9.17, 15) is 4.79 Å². The molecule has 4 heteroatoms. The van der Waals surface area contributed by atoms with Gasteiger partial charge in [0.15, 0.2) is 0 Å². The van der Waals surface area contributed by atoms with Crippen LogP contribution in [0.25, 0.3) is 11.3 Å². The summed E-state index contributed by atoms with van der Waals surface area (Å²) >= 11 is 5.83. The number of pyridine rings is 1. The molecule has 0 amide bonds. The fourth-order valence-electron chi connectivity index (χ4n) is 2.29. The minimum Gasteiger partial charge on any atom is -0.383 e. The summed E-state index contributed by atoms with van der Waals surface area (Å²) in [6, 6.07) is 12.1. The Bertz CT molecular complexity index is 647. The molecule has 0 saturated heterocycles. The molecule has 1 aromatic heterocycles. The normalized spacial score (nSPS) is 10.8. The Kier molecular flexibility index (Phi) is 5.59. The van der Waals surface area contributed by atoms with Crippen molar-refractivity contribution in [3.8, 4) is 11.3 Å². The zero-order chi connectivity index (χ0) is 15.2. The predicted octanol–water partition coefficient (Wildman–Crippen LogP) is 3.46. The van der Waals surface area contributed by atoms with E-state index in [1.807, 2.05) is 12.1 Å². The van der Waals surface area contributed by atoms with Crippen molar-refractivity contribution < 1.29 is 4.74 Å². The topological polar surface area (TPSA) is 31.2 Å². The molecule has 2 aromatic rings. The molecule has 0 N–H and O–H groups in total. The number of alkyl halides is 1. The van der Waals surface area contributed by atoms with Crippen LogP contribution in [0.4, 0.5) is 0 Å². The molecule has 21 heavy (non-hydrogen) atoms. The third-order valence-electron chi connectivity index (χ3n) is 3.57. The van der Waals surface area contributed by atoms with Crippen molar-refractivity contribution in [1.82, 2.24) is 4.57 Å². The van der Waals surface area contributed by atoms with Gasteiger partial charge in [0.05, 0.1) is 18.2 Å². The molecule has 0 aliphatic heterocycles. The quantitative estimate of drug-likeness (QED) is 0.765. The Balaban J connectivity index is 2.50. The van der Waals surface area contributed by atoms with Gasteiger partial charge in [0.1, 0.15) is 0 Å². The van der Waals surface area contributed by atoms with Gasteiger partial charge in [-0.05, 0) is 23.6 Å². The number of benzene rings is 1. The first-order valence-corrected chi connectivity index (χ1v) is 7.61. The maximum absolute atomic E-state index is 12.4. The molecule has 0 bridgehead atoms. The molecule has 0 aliphatic rings. The van der Waals surface area contributed by atoms with Crippen molar-refractivity contribution in [3.05, 3.63) is 57.9 Å². The van der Waals surface area contributed by atoms with Crippen LogP contribution < -0.4 is 5.56 Å². The fourth-order valence-corrected chi connectivity index (χ4v) is 2.50. The summed E-state index contributed by atoms with van der Waals surface area (Å²) in [4.78, 5) is 12.4. The summed E-state index contributed by atoms with van der Waals surface area (Å²) in [5, 5.41) is 0. The van der Waals surface area contributed by atoms with E-state index in [1.54, 1.807) is 11.7 Å². The van der Waals surface area contributed by atoms with Crippen LogP contribution in [0.2, 0.25) is 0 Å². The van der Waals surface area contributed by atoms with E-state index >= 15 is 0 Å². The van der Waals surface area contributed by atoms with Crippen LogP contribution in [0.5, 0.6) is 0 Å². The SMILES string of the molecule is CCc1ccc(-c2ccc(CCl)c(=O)n2CCOC)cc1. The van der Waals surface area contributed by atoms with Gasteiger partial charge < -0.3 is 9.30 Å². The average Bonchev–Trinajstić information content (AvgIpc) is 2.53. The number of rotatable bonds is 6. The average molecular weight is 306 g/mol. The molecule has 0 saturated carbocycles. The zero-order valence-corrected chi connectivity index (χ0v) is 13.2. The van der Waals surface area contributed by atoms with Gasteiger partial charge in [0.25, 0.3) is 5.56 Å². The van der Waals surface area contributed by atoms with Crippen LogP contribution >= 0.6 is 11.6 Å². The molecule has 0 radical (unpaired) electrons. The lowest BCUT2D eigenvalue weighted by molar-refractivity contribution is 0.186. The van der Waals surface area contributed by atoms with Gasteiger partial charge in [-0.25, -0.2) is 0 Å². The number of hydrogen-bond acceptors (Lipinski definition) is 2. The van der Waals surface area contributed by atoms with Gasteiger partial charge in [0, 0.05) is 19.2 Å².